The van der Waals surface area contributed by atoms with E-state index in [2.05, 4.69) is 5.32 Å². The number of alkyl halides is 1. The number of carbonyl (C=O) groups is 1. The van der Waals surface area contributed by atoms with E-state index >= 15 is 0 Å². The second kappa shape index (κ2) is 6.50. The van der Waals surface area contributed by atoms with Crippen molar-refractivity contribution in [3.63, 3.8) is 0 Å². The fraction of sp³-hybridized carbons (Fsp3) is 0.462. The normalized spacial score (nSPS) is 12.3. The SMILES string of the molecule is CCOc1cccc(C(Cl)C(=O)NC(C)C)c1. The highest BCUT2D eigenvalue weighted by Crippen LogP contribution is 2.24. The Morgan fingerprint density at radius 3 is 2.76 bits per heavy atom. The van der Waals surface area contributed by atoms with Crippen LogP contribution in [0.15, 0.2) is 24.3 Å². The number of carbonyl (C=O) groups excluding carboxylic acids is 1. The van der Waals surface area contributed by atoms with Crippen molar-refractivity contribution in [1.29, 1.82) is 0 Å². The highest BCUT2D eigenvalue weighted by Gasteiger charge is 2.18. The minimum absolute atomic E-state index is 0.0822. The molecule has 1 aromatic carbocycles. The lowest BCUT2D eigenvalue weighted by molar-refractivity contribution is -0.121. The molecule has 17 heavy (non-hydrogen) atoms. The molecule has 0 aromatic heterocycles. The molecule has 94 valence electrons. The monoisotopic (exact) mass is 255 g/mol. The predicted octanol–water partition coefficient (Wildman–Crippen LogP) is 2.89. The number of nitrogens with one attached hydrogen (secondary N) is 1. The van der Waals surface area contributed by atoms with Gasteiger partial charge in [0.05, 0.1) is 6.61 Å². The van der Waals surface area contributed by atoms with Gasteiger partial charge in [0.1, 0.15) is 11.1 Å². The first-order valence-corrected chi connectivity index (χ1v) is 6.15. The van der Waals surface area contributed by atoms with Gasteiger partial charge >= 0.3 is 0 Å². The van der Waals surface area contributed by atoms with Crippen molar-refractivity contribution in [2.45, 2.75) is 32.2 Å². The maximum absolute atomic E-state index is 11.7. The molecule has 1 rings (SSSR count). The van der Waals surface area contributed by atoms with E-state index in [1.54, 1.807) is 6.07 Å². The summed E-state index contributed by atoms with van der Waals surface area (Å²) < 4.78 is 5.37. The zero-order chi connectivity index (χ0) is 12.8. The van der Waals surface area contributed by atoms with Crippen LogP contribution in [0.4, 0.5) is 0 Å². The minimum Gasteiger partial charge on any atom is -0.494 e. The second-order valence-electron chi connectivity index (χ2n) is 4.03. The molecular formula is C13H18ClNO2. The number of ether oxygens (including phenoxy) is 1. The highest BCUT2D eigenvalue weighted by atomic mass is 35.5. The first-order valence-electron chi connectivity index (χ1n) is 5.71. The average Bonchev–Trinajstić information content (AvgIpc) is 2.28. The number of hydrogen-bond donors (Lipinski definition) is 1. The predicted molar refractivity (Wildman–Crippen MR) is 69.5 cm³/mol. The van der Waals surface area contributed by atoms with E-state index in [1.165, 1.54) is 0 Å². The Hall–Kier alpha value is -1.22. The van der Waals surface area contributed by atoms with Crippen LogP contribution >= 0.6 is 11.6 Å². The van der Waals surface area contributed by atoms with Crippen LogP contribution in [0.5, 0.6) is 5.75 Å². The minimum atomic E-state index is -0.683. The van der Waals surface area contributed by atoms with Crippen LogP contribution < -0.4 is 10.1 Å². The van der Waals surface area contributed by atoms with Gasteiger partial charge in [0.2, 0.25) is 5.91 Å². The molecule has 1 aromatic rings. The molecule has 1 N–H and O–H groups in total. The van der Waals surface area contributed by atoms with Crippen LogP contribution in [0.1, 0.15) is 31.7 Å². The van der Waals surface area contributed by atoms with Crippen LogP contribution in [0.2, 0.25) is 0 Å². The number of benzene rings is 1. The van der Waals surface area contributed by atoms with E-state index in [-0.39, 0.29) is 11.9 Å². The summed E-state index contributed by atoms with van der Waals surface area (Å²) in [4.78, 5) is 11.7. The lowest BCUT2D eigenvalue weighted by Crippen LogP contribution is -2.32. The molecule has 0 radical (unpaired) electrons. The highest BCUT2D eigenvalue weighted by molar-refractivity contribution is 6.30. The van der Waals surface area contributed by atoms with E-state index in [0.717, 1.165) is 11.3 Å². The summed E-state index contributed by atoms with van der Waals surface area (Å²) in [5, 5.41) is 2.10. The quantitative estimate of drug-likeness (QED) is 0.822. The number of rotatable bonds is 5. The maximum atomic E-state index is 11.7. The molecule has 0 fully saturated rings. The first kappa shape index (κ1) is 13.8. The van der Waals surface area contributed by atoms with Gasteiger partial charge in [-0.15, -0.1) is 11.6 Å². The Morgan fingerprint density at radius 1 is 1.47 bits per heavy atom. The van der Waals surface area contributed by atoms with Gasteiger partial charge < -0.3 is 10.1 Å². The molecule has 4 heteroatoms. The molecule has 0 spiro atoms. The fourth-order valence-corrected chi connectivity index (χ4v) is 1.64. The van der Waals surface area contributed by atoms with Crippen molar-refractivity contribution in [3.05, 3.63) is 29.8 Å². The van der Waals surface area contributed by atoms with Crippen LogP contribution in [-0.4, -0.2) is 18.6 Å². The van der Waals surface area contributed by atoms with Gasteiger partial charge in [-0.1, -0.05) is 12.1 Å². The summed E-state index contributed by atoms with van der Waals surface area (Å²) in [6.45, 7) is 6.31. The molecule has 0 saturated heterocycles. The van der Waals surface area contributed by atoms with Gasteiger partial charge in [-0.2, -0.15) is 0 Å². The Bertz CT molecular complexity index is 379. The van der Waals surface area contributed by atoms with E-state index < -0.39 is 5.38 Å². The second-order valence-corrected chi connectivity index (χ2v) is 4.47. The molecule has 1 unspecified atom stereocenters. The molecule has 0 aliphatic heterocycles. The smallest absolute Gasteiger partial charge is 0.242 e. The van der Waals surface area contributed by atoms with Crippen molar-refractivity contribution in [1.82, 2.24) is 5.32 Å². The summed E-state index contributed by atoms with van der Waals surface area (Å²) in [7, 11) is 0. The third-order valence-corrected chi connectivity index (χ3v) is 2.57. The fourth-order valence-electron chi connectivity index (χ4n) is 1.44. The molecule has 0 heterocycles. The van der Waals surface area contributed by atoms with Crippen LogP contribution in [0.25, 0.3) is 0 Å². The topological polar surface area (TPSA) is 38.3 Å². The number of amides is 1. The van der Waals surface area contributed by atoms with E-state index in [9.17, 15) is 4.79 Å². The third kappa shape index (κ3) is 4.27. The first-order chi connectivity index (χ1) is 8.04. The molecule has 0 aliphatic carbocycles. The van der Waals surface area contributed by atoms with Crippen molar-refractivity contribution in [3.8, 4) is 5.75 Å². The zero-order valence-corrected chi connectivity index (χ0v) is 11.1. The van der Waals surface area contributed by atoms with E-state index in [4.69, 9.17) is 16.3 Å². The van der Waals surface area contributed by atoms with Crippen LogP contribution in [0.3, 0.4) is 0 Å². The lowest BCUT2D eigenvalue weighted by Gasteiger charge is -2.14. The largest absolute Gasteiger partial charge is 0.494 e. The van der Waals surface area contributed by atoms with Gasteiger partial charge in [-0.25, -0.2) is 0 Å². The van der Waals surface area contributed by atoms with Crippen LogP contribution in [-0.2, 0) is 4.79 Å². The molecule has 3 nitrogen and oxygen atoms in total. The van der Waals surface area contributed by atoms with Gasteiger partial charge in [-0.3, -0.25) is 4.79 Å². The van der Waals surface area contributed by atoms with Gasteiger partial charge in [0, 0.05) is 6.04 Å². The molecule has 1 amide bonds. The van der Waals surface area contributed by atoms with E-state index in [1.807, 2.05) is 39.0 Å². The molecule has 0 saturated carbocycles. The molecule has 1 atom stereocenters. The van der Waals surface area contributed by atoms with E-state index in [0.29, 0.717) is 6.61 Å². The Morgan fingerprint density at radius 2 is 2.18 bits per heavy atom. The Kier molecular flexibility index (Phi) is 5.29. The number of halogens is 1. The summed E-state index contributed by atoms with van der Waals surface area (Å²) in [6.07, 6.45) is 0. The van der Waals surface area contributed by atoms with Gasteiger partial charge in [0.25, 0.3) is 0 Å². The zero-order valence-electron chi connectivity index (χ0n) is 10.4. The molecule has 0 aliphatic rings. The van der Waals surface area contributed by atoms with Crippen molar-refractivity contribution < 1.29 is 9.53 Å². The molecule has 0 bridgehead atoms. The van der Waals surface area contributed by atoms with Crippen LogP contribution in [0, 0.1) is 0 Å². The summed E-state index contributed by atoms with van der Waals surface area (Å²) in [5.41, 5.74) is 0.746. The third-order valence-electron chi connectivity index (χ3n) is 2.12. The lowest BCUT2D eigenvalue weighted by atomic mass is 10.1. The number of hydrogen-bond acceptors (Lipinski definition) is 2. The standard InChI is InChI=1S/C13H18ClNO2/c1-4-17-11-7-5-6-10(8-11)12(14)13(16)15-9(2)3/h5-9,12H,4H2,1-3H3,(H,15,16). The van der Waals surface area contributed by atoms with Crippen molar-refractivity contribution >= 4 is 17.5 Å². The van der Waals surface area contributed by atoms with Crippen molar-refractivity contribution in [2.75, 3.05) is 6.61 Å². The summed E-state index contributed by atoms with van der Waals surface area (Å²) in [5.74, 6) is 0.545. The summed E-state index contributed by atoms with van der Waals surface area (Å²) in [6, 6.07) is 7.37. The maximum Gasteiger partial charge on any atom is 0.242 e. The average molecular weight is 256 g/mol. The Labute approximate surface area is 107 Å². The Balaban J connectivity index is 2.77. The van der Waals surface area contributed by atoms with Crippen molar-refractivity contribution in [2.24, 2.45) is 0 Å². The van der Waals surface area contributed by atoms with Gasteiger partial charge in [-0.05, 0) is 38.5 Å². The summed E-state index contributed by atoms with van der Waals surface area (Å²) >= 11 is 6.11. The van der Waals surface area contributed by atoms with Gasteiger partial charge in [0.15, 0.2) is 0 Å². The molecular weight excluding hydrogens is 238 g/mol.